The number of carboxylic acids is 1. The molecular formula is C31H28ClNO3S. The second-order valence-electron chi connectivity index (χ2n) is 8.91. The van der Waals surface area contributed by atoms with E-state index >= 15 is 0 Å². The highest BCUT2D eigenvalue weighted by atomic mass is 35.5. The monoisotopic (exact) mass is 529 g/mol. The van der Waals surface area contributed by atoms with E-state index in [0.29, 0.717) is 17.0 Å². The number of carbonyl (C=O) groups is 2. The van der Waals surface area contributed by atoms with Crippen LogP contribution in [0.25, 0.3) is 23.1 Å². The van der Waals surface area contributed by atoms with Gasteiger partial charge in [0.25, 0.3) is 0 Å². The molecular weight excluding hydrogens is 502 g/mol. The number of benzene rings is 3. The third kappa shape index (κ3) is 6.88. The van der Waals surface area contributed by atoms with E-state index in [2.05, 4.69) is 17.1 Å². The van der Waals surface area contributed by atoms with E-state index in [1.54, 1.807) is 19.1 Å². The Labute approximate surface area is 226 Å². The molecule has 0 aliphatic rings. The van der Waals surface area contributed by atoms with Crippen LogP contribution in [0.1, 0.15) is 58.9 Å². The number of halogens is 1. The first-order chi connectivity index (χ1) is 17.8. The molecule has 1 N–H and O–H groups in total. The Hall–Kier alpha value is -3.41. The van der Waals surface area contributed by atoms with Crippen molar-refractivity contribution in [3.63, 3.8) is 0 Å². The van der Waals surface area contributed by atoms with E-state index in [0.717, 1.165) is 39.7 Å². The zero-order valence-electron chi connectivity index (χ0n) is 20.7. The van der Waals surface area contributed by atoms with Crippen molar-refractivity contribution in [2.45, 2.75) is 37.9 Å². The molecule has 0 radical (unpaired) electrons. The number of pyridine rings is 1. The Bertz CT molecular complexity index is 1470. The SMILES string of the molecule is CCC(c1ccccc1C(=O)O)C(Cc1cccc(/C=C/c2ccc3ccc(Cl)cc3n2)c1)SC(C)=O. The molecule has 0 spiro atoms. The van der Waals surface area contributed by atoms with Crippen LogP contribution in [0.3, 0.4) is 0 Å². The van der Waals surface area contributed by atoms with E-state index in [-0.39, 0.29) is 16.3 Å². The number of aromatic nitrogens is 1. The van der Waals surface area contributed by atoms with Gasteiger partial charge in [0.2, 0.25) is 0 Å². The fraction of sp³-hybridized carbons (Fsp3) is 0.194. The first kappa shape index (κ1) is 26.6. The molecule has 0 aliphatic carbocycles. The van der Waals surface area contributed by atoms with E-state index in [1.807, 2.05) is 73.7 Å². The lowest BCUT2D eigenvalue weighted by atomic mass is 9.86. The molecule has 1 aromatic heterocycles. The van der Waals surface area contributed by atoms with E-state index in [9.17, 15) is 14.7 Å². The quantitative estimate of drug-likeness (QED) is 0.237. The number of fused-ring (bicyclic) bond motifs is 1. The van der Waals surface area contributed by atoms with Crippen LogP contribution >= 0.6 is 23.4 Å². The summed E-state index contributed by atoms with van der Waals surface area (Å²) >= 11 is 7.41. The van der Waals surface area contributed by atoms with E-state index in [1.165, 1.54) is 11.8 Å². The molecule has 4 rings (SSSR count). The van der Waals surface area contributed by atoms with Crippen LogP contribution in [0.2, 0.25) is 5.02 Å². The van der Waals surface area contributed by atoms with Crippen molar-refractivity contribution in [3.05, 3.63) is 112 Å². The minimum atomic E-state index is -0.947. The van der Waals surface area contributed by atoms with E-state index < -0.39 is 5.97 Å². The summed E-state index contributed by atoms with van der Waals surface area (Å²) in [5, 5.41) is 11.4. The highest BCUT2D eigenvalue weighted by Gasteiger charge is 2.27. The van der Waals surface area contributed by atoms with Crippen LogP contribution in [0, 0.1) is 0 Å². The fourth-order valence-corrected chi connectivity index (χ4v) is 5.99. The molecule has 37 heavy (non-hydrogen) atoms. The first-order valence-corrected chi connectivity index (χ1v) is 13.4. The number of carboxylic acid groups (broad SMARTS) is 1. The summed E-state index contributed by atoms with van der Waals surface area (Å²) < 4.78 is 0. The molecule has 2 unspecified atom stereocenters. The Morgan fingerprint density at radius 3 is 2.54 bits per heavy atom. The molecule has 3 aromatic carbocycles. The van der Waals surface area contributed by atoms with Crippen LogP contribution in [0.15, 0.2) is 78.9 Å². The van der Waals surface area contributed by atoms with E-state index in [4.69, 9.17) is 11.6 Å². The van der Waals surface area contributed by atoms with Crippen LogP contribution in [-0.2, 0) is 11.2 Å². The fourth-order valence-electron chi connectivity index (χ4n) is 4.61. The Balaban J connectivity index is 1.59. The Morgan fingerprint density at radius 2 is 1.78 bits per heavy atom. The molecule has 0 aliphatic heterocycles. The van der Waals surface area contributed by atoms with Gasteiger partial charge in [-0.05, 0) is 65.8 Å². The molecule has 6 heteroatoms. The standard InChI is InChI=1S/C31H28ClNO3S/c1-3-26(27-9-4-5-10-28(27)31(35)36)30(37-20(2)34)18-22-8-6-7-21(17-22)11-15-25-16-13-23-12-14-24(32)19-29(23)33-25/h4-17,19,26,30H,3,18H2,1-2H3,(H,35,36)/b15-11+. The van der Waals surface area contributed by atoms with Gasteiger partial charge in [0, 0.05) is 22.6 Å². The van der Waals surface area contributed by atoms with Gasteiger partial charge in [0.05, 0.1) is 16.8 Å². The van der Waals surface area contributed by atoms with Crippen molar-refractivity contribution in [3.8, 4) is 0 Å². The second-order valence-corrected chi connectivity index (χ2v) is 10.8. The highest BCUT2D eigenvalue weighted by Crippen LogP contribution is 2.36. The molecule has 2 atom stereocenters. The van der Waals surface area contributed by atoms with Crippen molar-refractivity contribution in [2.75, 3.05) is 0 Å². The Kier molecular flexibility index (Phi) is 8.80. The topological polar surface area (TPSA) is 67.3 Å². The maximum Gasteiger partial charge on any atom is 0.335 e. The number of aromatic carboxylic acids is 1. The molecule has 0 saturated heterocycles. The normalized spacial score (nSPS) is 13.1. The third-order valence-electron chi connectivity index (χ3n) is 6.31. The van der Waals surface area contributed by atoms with Crippen molar-refractivity contribution in [1.82, 2.24) is 4.98 Å². The van der Waals surface area contributed by atoms with Gasteiger partial charge in [0.15, 0.2) is 5.12 Å². The first-order valence-electron chi connectivity index (χ1n) is 12.2. The number of carbonyl (C=O) groups excluding carboxylic acids is 1. The number of thioether (sulfide) groups is 1. The maximum absolute atomic E-state index is 12.2. The van der Waals surface area contributed by atoms with Crippen molar-refractivity contribution in [2.24, 2.45) is 0 Å². The van der Waals surface area contributed by atoms with Gasteiger partial charge in [0.1, 0.15) is 0 Å². The van der Waals surface area contributed by atoms with Crippen molar-refractivity contribution < 1.29 is 14.7 Å². The molecule has 4 aromatic rings. The van der Waals surface area contributed by atoms with Crippen LogP contribution < -0.4 is 0 Å². The van der Waals surface area contributed by atoms with Crippen molar-refractivity contribution >= 4 is 57.5 Å². The lowest BCUT2D eigenvalue weighted by Crippen LogP contribution is -2.21. The summed E-state index contributed by atoms with van der Waals surface area (Å²) in [6, 6.07) is 25.0. The average molecular weight is 530 g/mol. The summed E-state index contributed by atoms with van der Waals surface area (Å²) in [7, 11) is 0. The van der Waals surface area contributed by atoms with Crippen LogP contribution in [0.4, 0.5) is 0 Å². The molecule has 0 amide bonds. The average Bonchev–Trinajstić information content (AvgIpc) is 2.87. The highest BCUT2D eigenvalue weighted by molar-refractivity contribution is 8.14. The van der Waals surface area contributed by atoms with Gasteiger partial charge in [-0.1, -0.05) is 91.0 Å². The molecule has 0 saturated carbocycles. The minimum Gasteiger partial charge on any atom is -0.478 e. The molecule has 188 valence electrons. The smallest absolute Gasteiger partial charge is 0.335 e. The van der Waals surface area contributed by atoms with Crippen molar-refractivity contribution in [1.29, 1.82) is 0 Å². The summed E-state index contributed by atoms with van der Waals surface area (Å²) in [6.07, 6.45) is 5.36. The summed E-state index contributed by atoms with van der Waals surface area (Å²) in [5.41, 5.74) is 4.86. The van der Waals surface area contributed by atoms with Gasteiger partial charge in [-0.2, -0.15) is 0 Å². The number of hydrogen-bond acceptors (Lipinski definition) is 4. The molecule has 1 heterocycles. The maximum atomic E-state index is 12.2. The molecule has 0 fully saturated rings. The summed E-state index contributed by atoms with van der Waals surface area (Å²) in [6.45, 7) is 3.61. The van der Waals surface area contributed by atoms with Gasteiger partial charge in [-0.25, -0.2) is 9.78 Å². The number of nitrogens with zero attached hydrogens (tertiary/aromatic N) is 1. The van der Waals surface area contributed by atoms with Gasteiger partial charge in [-0.15, -0.1) is 0 Å². The predicted octanol–water partition coefficient (Wildman–Crippen LogP) is 8.14. The second kappa shape index (κ2) is 12.2. The largest absolute Gasteiger partial charge is 0.478 e. The number of hydrogen-bond donors (Lipinski definition) is 1. The van der Waals surface area contributed by atoms with Crippen LogP contribution in [0.5, 0.6) is 0 Å². The zero-order chi connectivity index (χ0) is 26.4. The minimum absolute atomic E-state index is 0.0230. The van der Waals surface area contributed by atoms with Gasteiger partial charge in [-0.3, -0.25) is 4.79 Å². The Morgan fingerprint density at radius 1 is 1.00 bits per heavy atom. The van der Waals surface area contributed by atoms with Gasteiger partial charge < -0.3 is 5.11 Å². The number of rotatable bonds is 9. The summed E-state index contributed by atoms with van der Waals surface area (Å²) in [4.78, 5) is 28.7. The third-order valence-corrected chi connectivity index (χ3v) is 7.67. The molecule has 4 nitrogen and oxygen atoms in total. The lowest BCUT2D eigenvalue weighted by molar-refractivity contribution is -0.109. The zero-order valence-corrected chi connectivity index (χ0v) is 22.3. The molecule has 0 bridgehead atoms. The van der Waals surface area contributed by atoms with Crippen LogP contribution in [-0.4, -0.2) is 26.4 Å². The lowest BCUT2D eigenvalue weighted by Gasteiger charge is -2.27. The summed E-state index contributed by atoms with van der Waals surface area (Å²) in [5.74, 6) is -1.02. The van der Waals surface area contributed by atoms with Gasteiger partial charge >= 0.3 is 5.97 Å². The predicted molar refractivity (Wildman–Crippen MR) is 154 cm³/mol.